The largest absolute Gasteiger partial charge is 0.492 e. The van der Waals surface area contributed by atoms with Crippen LogP contribution in [-0.4, -0.2) is 61.5 Å². The number of rotatable bonds is 7. The summed E-state index contributed by atoms with van der Waals surface area (Å²) < 4.78 is 11.6. The maximum Gasteiger partial charge on any atom is 0.255 e. The van der Waals surface area contributed by atoms with Crippen molar-refractivity contribution in [3.05, 3.63) is 59.1 Å². The van der Waals surface area contributed by atoms with Crippen LogP contribution in [-0.2, 0) is 14.4 Å². The van der Waals surface area contributed by atoms with Crippen LogP contribution in [0.15, 0.2) is 48.5 Å². The first-order valence-corrected chi connectivity index (χ1v) is 14.2. The van der Waals surface area contributed by atoms with E-state index in [1.807, 2.05) is 27.7 Å². The molecule has 0 radical (unpaired) electrons. The van der Waals surface area contributed by atoms with Gasteiger partial charge in [0.15, 0.2) is 0 Å². The van der Waals surface area contributed by atoms with Gasteiger partial charge in [-0.3, -0.25) is 19.2 Å². The summed E-state index contributed by atoms with van der Waals surface area (Å²) in [5.41, 5.74) is 0.240. The van der Waals surface area contributed by atoms with Gasteiger partial charge >= 0.3 is 0 Å². The summed E-state index contributed by atoms with van der Waals surface area (Å²) in [6.45, 7) is 8.07. The summed E-state index contributed by atoms with van der Waals surface area (Å²) in [6, 6.07) is 11.4. The predicted molar refractivity (Wildman–Crippen MR) is 156 cm³/mol. The van der Waals surface area contributed by atoms with Crippen molar-refractivity contribution in [3.63, 3.8) is 0 Å². The second-order valence-corrected chi connectivity index (χ2v) is 11.1. The number of carbonyl (C=O) groups is 4. The molecule has 222 valence electrons. The van der Waals surface area contributed by atoms with Crippen molar-refractivity contribution < 1.29 is 28.7 Å². The Morgan fingerprint density at radius 1 is 1.00 bits per heavy atom. The van der Waals surface area contributed by atoms with Crippen molar-refractivity contribution >= 4 is 35.2 Å². The van der Waals surface area contributed by atoms with Gasteiger partial charge in [0.25, 0.3) is 5.91 Å². The summed E-state index contributed by atoms with van der Waals surface area (Å²) >= 11 is 5.89. The number of nitrogens with one attached hydrogen (secondary N) is 4. The van der Waals surface area contributed by atoms with E-state index in [-0.39, 0.29) is 61.9 Å². The third-order valence-corrected chi connectivity index (χ3v) is 6.97. The van der Waals surface area contributed by atoms with Crippen LogP contribution in [0.1, 0.15) is 50.9 Å². The van der Waals surface area contributed by atoms with Gasteiger partial charge in [-0.05, 0) is 54.7 Å². The number of halogens is 1. The van der Waals surface area contributed by atoms with Gasteiger partial charge in [-0.15, -0.1) is 0 Å². The Morgan fingerprint density at radius 2 is 1.71 bits per heavy atom. The molecule has 4 N–H and O–H groups in total. The quantitative estimate of drug-likeness (QED) is 0.368. The number of para-hydroxylation sites is 1. The highest BCUT2D eigenvalue weighted by atomic mass is 35.5. The second-order valence-electron chi connectivity index (χ2n) is 10.6. The number of hydrogen-bond acceptors (Lipinski definition) is 6. The molecular formula is C30H39ClN4O6. The van der Waals surface area contributed by atoms with E-state index in [9.17, 15) is 19.2 Å². The van der Waals surface area contributed by atoms with E-state index < -0.39 is 29.8 Å². The van der Waals surface area contributed by atoms with E-state index in [2.05, 4.69) is 21.3 Å². The van der Waals surface area contributed by atoms with Crippen LogP contribution in [0, 0.1) is 11.8 Å². The molecular weight excluding hydrogens is 548 g/mol. The third kappa shape index (κ3) is 9.67. The molecule has 2 aromatic rings. The fraction of sp³-hybridized carbons (Fsp3) is 0.467. The molecule has 10 nitrogen and oxygen atoms in total. The minimum absolute atomic E-state index is 0.0194. The summed E-state index contributed by atoms with van der Waals surface area (Å²) in [5.74, 6) is -0.926. The van der Waals surface area contributed by atoms with Gasteiger partial charge in [0.1, 0.15) is 36.8 Å². The number of fused-ring (bicyclic) bond motifs is 1. The average molecular weight is 587 g/mol. The monoisotopic (exact) mass is 586 g/mol. The molecule has 41 heavy (non-hydrogen) atoms. The number of hydrogen-bond donors (Lipinski definition) is 4. The van der Waals surface area contributed by atoms with Gasteiger partial charge in [0.2, 0.25) is 17.7 Å². The molecule has 3 atom stereocenters. The molecule has 0 fully saturated rings. The van der Waals surface area contributed by atoms with Crippen LogP contribution in [0.2, 0.25) is 5.02 Å². The predicted octanol–water partition coefficient (Wildman–Crippen LogP) is 3.09. The molecule has 2 aromatic carbocycles. The lowest BCUT2D eigenvalue weighted by atomic mass is 10.00. The van der Waals surface area contributed by atoms with Gasteiger partial charge in [0.05, 0.1) is 18.2 Å². The van der Waals surface area contributed by atoms with E-state index in [0.29, 0.717) is 16.5 Å². The van der Waals surface area contributed by atoms with Gasteiger partial charge in [-0.1, -0.05) is 51.4 Å². The Hall–Kier alpha value is -3.79. The fourth-order valence-corrected chi connectivity index (χ4v) is 4.32. The normalized spacial score (nSPS) is 20.5. The van der Waals surface area contributed by atoms with Crippen molar-refractivity contribution in [2.24, 2.45) is 11.8 Å². The zero-order valence-corrected chi connectivity index (χ0v) is 24.6. The highest BCUT2D eigenvalue weighted by Crippen LogP contribution is 2.20. The third-order valence-electron chi connectivity index (χ3n) is 6.71. The molecule has 1 heterocycles. The first-order valence-electron chi connectivity index (χ1n) is 13.8. The Kier molecular flexibility index (Phi) is 11.8. The average Bonchev–Trinajstić information content (AvgIpc) is 2.94. The van der Waals surface area contributed by atoms with Gasteiger partial charge < -0.3 is 30.7 Å². The molecule has 0 aliphatic carbocycles. The second kappa shape index (κ2) is 15.3. The Bertz CT molecular complexity index is 1200. The standard InChI is InChI=1S/C30H39ClN4O6/c1-18(2)24-17-41-25-8-6-5-7-22(25)28(37)33-23(13-14-26(36)35-27(19(3)4)30(39)34-24)29(38)32-15-16-40-21-11-9-20(31)10-12-21/h5-12,18-19,23-24,27H,13-17H2,1-4H3,(H,32,38)(H,33,37)(H,34,39)(H,35,36)/t23-,24+,27+/m0/s1. The topological polar surface area (TPSA) is 135 Å². The molecule has 0 unspecified atom stereocenters. The number of ether oxygens (including phenoxy) is 2. The van der Waals surface area contributed by atoms with Crippen LogP contribution in [0.3, 0.4) is 0 Å². The first-order chi connectivity index (χ1) is 19.5. The molecule has 1 aliphatic rings. The van der Waals surface area contributed by atoms with Crippen molar-refractivity contribution in [2.75, 3.05) is 19.8 Å². The van der Waals surface area contributed by atoms with E-state index in [1.54, 1.807) is 48.5 Å². The lowest BCUT2D eigenvalue weighted by Crippen LogP contribution is -2.54. The van der Waals surface area contributed by atoms with Crippen LogP contribution in [0.5, 0.6) is 11.5 Å². The molecule has 0 spiro atoms. The minimum atomic E-state index is -1.02. The zero-order valence-electron chi connectivity index (χ0n) is 23.9. The van der Waals surface area contributed by atoms with E-state index in [4.69, 9.17) is 21.1 Å². The van der Waals surface area contributed by atoms with Crippen LogP contribution in [0.25, 0.3) is 0 Å². The summed E-state index contributed by atoms with van der Waals surface area (Å²) in [6.07, 6.45) is -0.0621. The highest BCUT2D eigenvalue weighted by molar-refractivity contribution is 6.30. The van der Waals surface area contributed by atoms with Crippen LogP contribution < -0.4 is 30.7 Å². The van der Waals surface area contributed by atoms with Crippen molar-refractivity contribution in [3.8, 4) is 11.5 Å². The van der Waals surface area contributed by atoms with E-state index >= 15 is 0 Å². The van der Waals surface area contributed by atoms with Crippen LogP contribution in [0.4, 0.5) is 0 Å². The number of amides is 4. The first kappa shape index (κ1) is 31.7. The lowest BCUT2D eigenvalue weighted by molar-refractivity contribution is -0.131. The lowest BCUT2D eigenvalue weighted by Gasteiger charge is -2.27. The zero-order chi connectivity index (χ0) is 29.9. The molecule has 4 amide bonds. The summed E-state index contributed by atoms with van der Waals surface area (Å²) in [7, 11) is 0. The molecule has 0 saturated carbocycles. The number of carbonyl (C=O) groups excluding carboxylic acids is 4. The molecule has 0 aromatic heterocycles. The molecule has 3 rings (SSSR count). The Balaban J connectivity index is 1.78. The minimum Gasteiger partial charge on any atom is -0.492 e. The maximum absolute atomic E-state index is 13.3. The van der Waals surface area contributed by atoms with Crippen molar-refractivity contribution in [1.29, 1.82) is 0 Å². The van der Waals surface area contributed by atoms with Crippen molar-refractivity contribution in [2.45, 2.75) is 58.7 Å². The highest BCUT2D eigenvalue weighted by Gasteiger charge is 2.30. The summed E-state index contributed by atoms with van der Waals surface area (Å²) in [4.78, 5) is 52.5. The smallest absolute Gasteiger partial charge is 0.255 e. The fourth-order valence-electron chi connectivity index (χ4n) is 4.19. The molecule has 1 aliphatic heterocycles. The van der Waals surface area contributed by atoms with Gasteiger partial charge in [0, 0.05) is 11.4 Å². The summed E-state index contributed by atoms with van der Waals surface area (Å²) in [5, 5.41) is 11.9. The van der Waals surface area contributed by atoms with Gasteiger partial charge in [-0.25, -0.2) is 0 Å². The van der Waals surface area contributed by atoms with E-state index in [1.165, 1.54) is 0 Å². The molecule has 0 bridgehead atoms. The molecule has 0 saturated heterocycles. The van der Waals surface area contributed by atoms with Crippen molar-refractivity contribution in [1.82, 2.24) is 21.3 Å². The molecule has 11 heteroatoms. The Labute approximate surface area is 245 Å². The maximum atomic E-state index is 13.3. The Morgan fingerprint density at radius 3 is 2.39 bits per heavy atom. The van der Waals surface area contributed by atoms with E-state index in [0.717, 1.165) is 0 Å². The number of benzene rings is 2. The van der Waals surface area contributed by atoms with Gasteiger partial charge in [-0.2, -0.15) is 0 Å². The SMILES string of the molecule is CC(C)[C@H]1COc2ccccc2C(=O)N[C@H](C(=O)NCCOc2ccc(Cl)cc2)CCC(=O)N[C@H](C(C)C)C(=O)N1. The van der Waals surface area contributed by atoms with Crippen LogP contribution >= 0.6 is 11.6 Å².